The van der Waals surface area contributed by atoms with Crippen LogP contribution in [0, 0.1) is 0 Å². The minimum atomic E-state index is -0.216. The van der Waals surface area contributed by atoms with Crippen molar-refractivity contribution in [2.24, 2.45) is 0 Å². The fourth-order valence-corrected chi connectivity index (χ4v) is 1.81. The summed E-state index contributed by atoms with van der Waals surface area (Å²) >= 11 is 6.06. The molecule has 2 aromatic rings. The first-order chi connectivity index (χ1) is 9.22. The standard InChI is InChI=1S/C13H15ClN4O/c1-2-3-8-15-13(19)11-9-18(17-16-11)12-7-5-4-6-10(12)14/h4-7,9H,2-3,8H2,1H3,(H,15,19). The van der Waals surface area contributed by atoms with Crippen LogP contribution in [0.15, 0.2) is 30.5 Å². The normalized spacial score (nSPS) is 10.4. The quantitative estimate of drug-likeness (QED) is 0.855. The maximum Gasteiger partial charge on any atom is 0.273 e. The fourth-order valence-electron chi connectivity index (χ4n) is 1.59. The summed E-state index contributed by atoms with van der Waals surface area (Å²) in [4.78, 5) is 11.8. The molecule has 19 heavy (non-hydrogen) atoms. The van der Waals surface area contributed by atoms with Gasteiger partial charge in [-0.2, -0.15) is 0 Å². The Morgan fingerprint density at radius 1 is 1.42 bits per heavy atom. The number of amides is 1. The van der Waals surface area contributed by atoms with E-state index in [9.17, 15) is 4.79 Å². The summed E-state index contributed by atoms with van der Waals surface area (Å²) in [6.45, 7) is 2.72. The average molecular weight is 279 g/mol. The van der Waals surface area contributed by atoms with E-state index in [1.54, 1.807) is 12.3 Å². The zero-order valence-electron chi connectivity index (χ0n) is 10.6. The van der Waals surface area contributed by atoms with Crippen LogP contribution in [0.4, 0.5) is 0 Å². The molecule has 100 valence electrons. The number of hydrogen-bond acceptors (Lipinski definition) is 3. The summed E-state index contributed by atoms with van der Waals surface area (Å²) in [5.74, 6) is -0.216. The van der Waals surface area contributed by atoms with Crippen molar-refractivity contribution >= 4 is 17.5 Å². The number of nitrogens with zero attached hydrogens (tertiary/aromatic N) is 3. The van der Waals surface area contributed by atoms with Gasteiger partial charge in [-0.3, -0.25) is 4.79 Å². The van der Waals surface area contributed by atoms with Crippen LogP contribution in [0.1, 0.15) is 30.3 Å². The molecule has 0 radical (unpaired) electrons. The van der Waals surface area contributed by atoms with Gasteiger partial charge in [0.1, 0.15) is 0 Å². The molecule has 0 saturated carbocycles. The summed E-state index contributed by atoms with van der Waals surface area (Å²) in [6.07, 6.45) is 3.56. The Bertz CT molecular complexity index is 567. The molecule has 0 spiro atoms. The van der Waals surface area contributed by atoms with Crippen LogP contribution in [0.2, 0.25) is 5.02 Å². The van der Waals surface area contributed by atoms with Crippen LogP contribution in [0.3, 0.4) is 0 Å². The van der Waals surface area contributed by atoms with Gasteiger partial charge in [-0.1, -0.05) is 42.3 Å². The number of para-hydroxylation sites is 1. The molecule has 0 aliphatic rings. The lowest BCUT2D eigenvalue weighted by Gasteiger charge is -2.02. The molecule has 5 nitrogen and oxygen atoms in total. The highest BCUT2D eigenvalue weighted by molar-refractivity contribution is 6.32. The molecule has 1 heterocycles. The molecule has 0 fully saturated rings. The van der Waals surface area contributed by atoms with Crippen LogP contribution in [-0.4, -0.2) is 27.4 Å². The Hall–Kier alpha value is -1.88. The van der Waals surface area contributed by atoms with Crippen LogP contribution in [0.5, 0.6) is 0 Å². The SMILES string of the molecule is CCCCNC(=O)c1cn(-c2ccccc2Cl)nn1. The third-order valence-electron chi connectivity index (χ3n) is 2.64. The average Bonchev–Trinajstić information content (AvgIpc) is 2.89. The second-order valence-electron chi connectivity index (χ2n) is 4.11. The summed E-state index contributed by atoms with van der Waals surface area (Å²) in [5.41, 5.74) is 0.986. The maximum atomic E-state index is 11.8. The van der Waals surface area contributed by atoms with Crippen LogP contribution in [0.25, 0.3) is 5.69 Å². The Morgan fingerprint density at radius 2 is 2.21 bits per heavy atom. The van der Waals surface area contributed by atoms with Gasteiger partial charge in [-0.15, -0.1) is 5.10 Å². The van der Waals surface area contributed by atoms with Crippen molar-refractivity contribution in [1.82, 2.24) is 20.3 Å². The molecule has 2 rings (SSSR count). The van der Waals surface area contributed by atoms with Gasteiger partial charge in [0.2, 0.25) is 0 Å². The number of hydrogen-bond donors (Lipinski definition) is 1. The number of aromatic nitrogens is 3. The predicted molar refractivity (Wildman–Crippen MR) is 73.6 cm³/mol. The lowest BCUT2D eigenvalue weighted by Crippen LogP contribution is -2.24. The van der Waals surface area contributed by atoms with E-state index in [-0.39, 0.29) is 11.6 Å². The van der Waals surface area contributed by atoms with Gasteiger partial charge in [0, 0.05) is 6.54 Å². The number of carbonyl (C=O) groups excluding carboxylic acids is 1. The lowest BCUT2D eigenvalue weighted by molar-refractivity contribution is 0.0948. The fraction of sp³-hybridized carbons (Fsp3) is 0.308. The van der Waals surface area contributed by atoms with Gasteiger partial charge < -0.3 is 5.32 Å². The first-order valence-corrected chi connectivity index (χ1v) is 6.55. The zero-order chi connectivity index (χ0) is 13.7. The van der Waals surface area contributed by atoms with Gasteiger partial charge in [0.25, 0.3) is 5.91 Å². The summed E-state index contributed by atoms with van der Waals surface area (Å²) < 4.78 is 1.50. The monoisotopic (exact) mass is 278 g/mol. The molecule has 6 heteroatoms. The van der Waals surface area contributed by atoms with E-state index in [1.807, 2.05) is 18.2 Å². The van der Waals surface area contributed by atoms with Gasteiger partial charge in [0.15, 0.2) is 5.69 Å². The summed E-state index contributed by atoms with van der Waals surface area (Å²) in [5, 5.41) is 11.1. The van der Waals surface area contributed by atoms with Crippen molar-refractivity contribution in [3.63, 3.8) is 0 Å². The maximum absolute atomic E-state index is 11.8. The number of benzene rings is 1. The molecular formula is C13H15ClN4O. The van der Waals surface area contributed by atoms with Crippen molar-refractivity contribution in [1.29, 1.82) is 0 Å². The molecule has 0 atom stereocenters. The summed E-state index contributed by atoms with van der Waals surface area (Å²) in [6, 6.07) is 7.26. The topological polar surface area (TPSA) is 59.8 Å². The van der Waals surface area contributed by atoms with E-state index in [0.29, 0.717) is 17.3 Å². The number of rotatable bonds is 5. The van der Waals surface area contributed by atoms with E-state index in [0.717, 1.165) is 12.8 Å². The Morgan fingerprint density at radius 3 is 2.95 bits per heavy atom. The third kappa shape index (κ3) is 3.32. The third-order valence-corrected chi connectivity index (χ3v) is 2.96. The highest BCUT2D eigenvalue weighted by Crippen LogP contribution is 2.18. The molecule has 0 aliphatic carbocycles. The van der Waals surface area contributed by atoms with E-state index in [4.69, 9.17) is 11.6 Å². The number of unbranched alkanes of at least 4 members (excludes halogenated alkanes) is 1. The smallest absolute Gasteiger partial charge is 0.273 e. The molecule has 1 aromatic carbocycles. The number of nitrogens with one attached hydrogen (secondary N) is 1. The Balaban J connectivity index is 2.11. The molecular weight excluding hydrogens is 264 g/mol. The Labute approximate surface area is 116 Å². The molecule has 0 aliphatic heterocycles. The highest BCUT2D eigenvalue weighted by Gasteiger charge is 2.11. The second kappa shape index (κ2) is 6.33. The van der Waals surface area contributed by atoms with Crippen LogP contribution >= 0.6 is 11.6 Å². The van der Waals surface area contributed by atoms with Crippen LogP contribution in [-0.2, 0) is 0 Å². The van der Waals surface area contributed by atoms with Gasteiger partial charge >= 0.3 is 0 Å². The number of carbonyl (C=O) groups is 1. The first-order valence-electron chi connectivity index (χ1n) is 6.18. The van der Waals surface area contributed by atoms with Gasteiger partial charge in [0.05, 0.1) is 16.9 Å². The van der Waals surface area contributed by atoms with Gasteiger partial charge in [-0.05, 0) is 18.6 Å². The molecule has 0 saturated heterocycles. The predicted octanol–water partition coefficient (Wildman–Crippen LogP) is 2.45. The van der Waals surface area contributed by atoms with Crippen molar-refractivity contribution in [3.8, 4) is 5.69 Å². The minimum Gasteiger partial charge on any atom is -0.351 e. The second-order valence-corrected chi connectivity index (χ2v) is 4.52. The molecule has 1 aromatic heterocycles. The van der Waals surface area contributed by atoms with Crippen molar-refractivity contribution in [3.05, 3.63) is 41.2 Å². The van der Waals surface area contributed by atoms with Crippen molar-refractivity contribution < 1.29 is 4.79 Å². The molecule has 1 amide bonds. The number of halogens is 1. The van der Waals surface area contributed by atoms with E-state index < -0.39 is 0 Å². The van der Waals surface area contributed by atoms with Crippen LogP contribution < -0.4 is 5.32 Å². The first kappa shape index (κ1) is 13.5. The highest BCUT2D eigenvalue weighted by atomic mass is 35.5. The molecule has 0 unspecified atom stereocenters. The molecule has 1 N–H and O–H groups in total. The van der Waals surface area contributed by atoms with Crippen molar-refractivity contribution in [2.45, 2.75) is 19.8 Å². The van der Waals surface area contributed by atoms with Gasteiger partial charge in [-0.25, -0.2) is 4.68 Å². The van der Waals surface area contributed by atoms with E-state index in [1.165, 1.54) is 4.68 Å². The summed E-state index contributed by atoms with van der Waals surface area (Å²) in [7, 11) is 0. The van der Waals surface area contributed by atoms with E-state index >= 15 is 0 Å². The Kier molecular flexibility index (Phi) is 4.52. The van der Waals surface area contributed by atoms with Crippen molar-refractivity contribution in [2.75, 3.05) is 6.54 Å². The largest absolute Gasteiger partial charge is 0.351 e. The van der Waals surface area contributed by atoms with E-state index in [2.05, 4.69) is 22.6 Å². The lowest BCUT2D eigenvalue weighted by atomic mass is 10.3. The zero-order valence-corrected chi connectivity index (χ0v) is 11.4. The molecule has 0 bridgehead atoms. The minimum absolute atomic E-state index is 0.216.